The Morgan fingerprint density at radius 3 is 2.87 bits per heavy atom. The quantitative estimate of drug-likeness (QED) is 0.890. The maximum absolute atomic E-state index is 12.4. The maximum Gasteiger partial charge on any atom is 0.243 e. The van der Waals surface area contributed by atoms with Crippen LogP contribution >= 0.6 is 0 Å². The fraction of sp³-hybridized carbons (Fsp3) is 0.438. The molecule has 122 valence electrons. The Kier molecular flexibility index (Phi) is 4.68. The Labute approximate surface area is 135 Å². The molecule has 0 saturated carbocycles. The number of aromatic nitrogens is 3. The summed E-state index contributed by atoms with van der Waals surface area (Å²) in [7, 11) is 3.60. The highest BCUT2D eigenvalue weighted by Gasteiger charge is 2.34. The summed E-state index contributed by atoms with van der Waals surface area (Å²) in [5, 5.41) is 10.9. The summed E-state index contributed by atoms with van der Waals surface area (Å²) in [6, 6.07) is 9.80. The van der Waals surface area contributed by atoms with Gasteiger partial charge in [-0.1, -0.05) is 35.5 Å². The van der Waals surface area contributed by atoms with E-state index in [1.54, 1.807) is 18.0 Å². The molecule has 1 aliphatic heterocycles. The third kappa shape index (κ3) is 3.75. The molecule has 1 aromatic carbocycles. The van der Waals surface area contributed by atoms with E-state index < -0.39 is 0 Å². The van der Waals surface area contributed by atoms with E-state index in [9.17, 15) is 4.79 Å². The maximum atomic E-state index is 12.4. The van der Waals surface area contributed by atoms with Gasteiger partial charge >= 0.3 is 0 Å². The van der Waals surface area contributed by atoms with Crippen LogP contribution in [-0.2, 0) is 16.1 Å². The van der Waals surface area contributed by atoms with E-state index >= 15 is 0 Å². The molecule has 1 N–H and O–H groups in total. The van der Waals surface area contributed by atoms with E-state index in [1.165, 1.54) is 0 Å². The molecule has 7 nitrogen and oxygen atoms in total. The smallest absolute Gasteiger partial charge is 0.243 e. The van der Waals surface area contributed by atoms with E-state index in [-0.39, 0.29) is 18.1 Å². The van der Waals surface area contributed by atoms with Gasteiger partial charge in [-0.15, -0.1) is 5.10 Å². The first kappa shape index (κ1) is 15.6. The minimum Gasteiger partial charge on any atom is -0.380 e. The van der Waals surface area contributed by atoms with Crippen molar-refractivity contribution in [1.82, 2.24) is 19.9 Å². The van der Waals surface area contributed by atoms with Crippen LogP contribution in [0.4, 0.5) is 5.82 Å². The Bertz CT molecular complexity index is 658. The highest BCUT2D eigenvalue weighted by Crippen LogP contribution is 2.19. The number of nitrogens with one attached hydrogen (secondary N) is 1. The fourth-order valence-electron chi connectivity index (χ4n) is 2.84. The first-order valence-corrected chi connectivity index (χ1v) is 7.63. The lowest BCUT2D eigenvalue weighted by molar-refractivity contribution is -0.120. The molecule has 0 unspecified atom stereocenters. The van der Waals surface area contributed by atoms with Gasteiger partial charge in [0.15, 0.2) is 5.82 Å². The molecule has 0 aliphatic carbocycles. The predicted molar refractivity (Wildman–Crippen MR) is 86.0 cm³/mol. The molecule has 1 fully saturated rings. The van der Waals surface area contributed by atoms with E-state index in [2.05, 4.69) is 15.6 Å². The minimum atomic E-state index is -0.195. The number of carbonyl (C=O) groups excluding carboxylic acids is 1. The number of benzene rings is 1. The number of nitrogens with zero attached hydrogens (tertiary/aromatic N) is 4. The molecular formula is C16H21N5O2. The average molecular weight is 315 g/mol. The fourth-order valence-corrected chi connectivity index (χ4v) is 2.84. The molecule has 7 heteroatoms. The van der Waals surface area contributed by atoms with Crippen LogP contribution in [-0.4, -0.2) is 58.6 Å². The highest BCUT2D eigenvalue weighted by atomic mass is 16.5. The monoisotopic (exact) mass is 315 g/mol. The van der Waals surface area contributed by atoms with Crippen molar-refractivity contribution < 1.29 is 9.53 Å². The van der Waals surface area contributed by atoms with Crippen molar-refractivity contribution in [2.24, 2.45) is 0 Å². The molecule has 2 atom stereocenters. The van der Waals surface area contributed by atoms with Crippen LogP contribution in [0.2, 0.25) is 0 Å². The highest BCUT2D eigenvalue weighted by molar-refractivity contribution is 5.94. The van der Waals surface area contributed by atoms with Crippen LogP contribution in [0, 0.1) is 0 Å². The average Bonchev–Trinajstić information content (AvgIpc) is 3.14. The molecular weight excluding hydrogens is 294 g/mol. The molecule has 0 radical (unpaired) electrons. The second kappa shape index (κ2) is 6.89. The molecule has 2 heterocycles. The van der Waals surface area contributed by atoms with Gasteiger partial charge in [-0.05, 0) is 19.0 Å². The van der Waals surface area contributed by atoms with Gasteiger partial charge in [-0.25, -0.2) is 4.68 Å². The Morgan fingerprint density at radius 2 is 2.17 bits per heavy atom. The Morgan fingerprint density at radius 1 is 1.39 bits per heavy atom. The van der Waals surface area contributed by atoms with Gasteiger partial charge in [0.2, 0.25) is 5.91 Å². The minimum absolute atomic E-state index is 0.0705. The lowest BCUT2D eigenvalue weighted by Crippen LogP contribution is -2.37. The van der Waals surface area contributed by atoms with Crippen molar-refractivity contribution in [2.45, 2.75) is 25.1 Å². The van der Waals surface area contributed by atoms with E-state index in [0.717, 1.165) is 12.1 Å². The third-order valence-electron chi connectivity index (χ3n) is 4.12. The number of likely N-dealkylation sites (N-methyl/N-ethyl adjacent to an activating group) is 1. The number of methoxy groups -OCH3 is 1. The summed E-state index contributed by atoms with van der Waals surface area (Å²) in [6.45, 7) is 1.38. The standard InChI is InChI=1S/C16H21N5O2/c1-20-10-13(23-2)8-14(20)16(22)17-15-11-21(19-18-15)9-12-6-4-3-5-7-12/h3-7,11,13-14H,8-10H2,1-2H3,(H,17,22)/t13-,14-/m0/s1. The lowest BCUT2D eigenvalue weighted by atomic mass is 10.2. The molecule has 1 saturated heterocycles. The number of anilines is 1. The van der Waals surface area contributed by atoms with Gasteiger partial charge in [-0.3, -0.25) is 9.69 Å². The molecule has 23 heavy (non-hydrogen) atoms. The number of carbonyl (C=O) groups is 1. The number of hydrogen-bond acceptors (Lipinski definition) is 5. The van der Waals surface area contributed by atoms with Gasteiger partial charge in [0.1, 0.15) is 0 Å². The number of rotatable bonds is 5. The first-order valence-electron chi connectivity index (χ1n) is 7.63. The van der Waals surface area contributed by atoms with Crippen LogP contribution in [0.3, 0.4) is 0 Å². The molecule has 3 rings (SSSR count). The zero-order valence-corrected chi connectivity index (χ0v) is 13.3. The first-order chi connectivity index (χ1) is 11.2. The van der Waals surface area contributed by atoms with Crippen molar-refractivity contribution in [3.63, 3.8) is 0 Å². The van der Waals surface area contributed by atoms with Crippen LogP contribution < -0.4 is 5.32 Å². The normalized spacial score (nSPS) is 21.5. The Hall–Kier alpha value is -2.25. The van der Waals surface area contributed by atoms with Crippen molar-refractivity contribution in [2.75, 3.05) is 26.0 Å². The van der Waals surface area contributed by atoms with Crippen molar-refractivity contribution >= 4 is 11.7 Å². The molecule has 1 aliphatic rings. The Balaban J connectivity index is 1.59. The summed E-state index contributed by atoms with van der Waals surface area (Å²) in [5.74, 6) is 0.402. The second-order valence-corrected chi connectivity index (χ2v) is 5.82. The van der Waals surface area contributed by atoms with E-state index in [4.69, 9.17) is 4.74 Å². The number of hydrogen-bond donors (Lipinski definition) is 1. The molecule has 1 aromatic heterocycles. The molecule has 0 spiro atoms. The van der Waals surface area contributed by atoms with Crippen molar-refractivity contribution in [3.05, 3.63) is 42.1 Å². The van der Waals surface area contributed by atoms with Crippen molar-refractivity contribution in [1.29, 1.82) is 0 Å². The summed E-state index contributed by atoms with van der Waals surface area (Å²) < 4.78 is 7.04. The van der Waals surface area contributed by atoms with Gasteiger partial charge in [0, 0.05) is 13.7 Å². The molecule has 0 bridgehead atoms. The van der Waals surface area contributed by atoms with Gasteiger partial charge < -0.3 is 10.1 Å². The zero-order chi connectivity index (χ0) is 16.2. The largest absolute Gasteiger partial charge is 0.380 e. The lowest BCUT2D eigenvalue weighted by Gasteiger charge is -2.16. The van der Waals surface area contributed by atoms with Gasteiger partial charge in [0.05, 0.1) is 24.9 Å². The number of ether oxygens (including phenoxy) is 1. The van der Waals surface area contributed by atoms with Gasteiger partial charge in [0.25, 0.3) is 0 Å². The molecule has 1 amide bonds. The van der Waals surface area contributed by atoms with Crippen LogP contribution in [0.25, 0.3) is 0 Å². The van der Waals surface area contributed by atoms with Crippen LogP contribution in [0.5, 0.6) is 0 Å². The summed E-state index contributed by atoms with van der Waals surface area (Å²) >= 11 is 0. The summed E-state index contributed by atoms with van der Waals surface area (Å²) in [5.41, 5.74) is 1.13. The van der Waals surface area contributed by atoms with Gasteiger partial charge in [-0.2, -0.15) is 0 Å². The third-order valence-corrected chi connectivity index (χ3v) is 4.12. The van der Waals surface area contributed by atoms with Crippen molar-refractivity contribution in [3.8, 4) is 0 Å². The van der Waals surface area contributed by atoms with Crippen LogP contribution in [0.1, 0.15) is 12.0 Å². The topological polar surface area (TPSA) is 72.3 Å². The summed E-state index contributed by atoms with van der Waals surface area (Å²) in [4.78, 5) is 14.4. The van der Waals surface area contributed by atoms with E-state index in [1.807, 2.05) is 42.3 Å². The zero-order valence-electron chi connectivity index (χ0n) is 13.3. The number of amides is 1. The SMILES string of the molecule is CO[C@H]1C[C@@H](C(=O)Nc2cn(Cc3ccccc3)nn2)N(C)C1. The van der Waals surface area contributed by atoms with Crippen LogP contribution in [0.15, 0.2) is 36.5 Å². The summed E-state index contributed by atoms with van der Waals surface area (Å²) in [6.07, 6.45) is 2.54. The second-order valence-electron chi connectivity index (χ2n) is 5.82. The van der Waals surface area contributed by atoms with E-state index in [0.29, 0.717) is 18.8 Å². The number of likely N-dealkylation sites (tertiary alicyclic amines) is 1. The predicted octanol–water partition coefficient (Wildman–Crippen LogP) is 0.984. The molecule has 2 aromatic rings.